The van der Waals surface area contributed by atoms with Gasteiger partial charge >= 0.3 is 6.18 Å². The summed E-state index contributed by atoms with van der Waals surface area (Å²) in [4.78, 5) is 12.4. The number of hydrogen-bond donors (Lipinski definition) is 0. The van der Waals surface area contributed by atoms with Crippen LogP contribution < -0.4 is 4.90 Å². The average Bonchev–Trinajstić information content (AvgIpc) is 2.38. The van der Waals surface area contributed by atoms with Crippen molar-refractivity contribution in [3.63, 3.8) is 0 Å². The Balaban J connectivity index is 2.28. The van der Waals surface area contributed by atoms with Crippen LogP contribution in [-0.4, -0.2) is 19.4 Å². The molecule has 1 aliphatic heterocycles. The molecule has 0 unspecified atom stereocenters. The highest BCUT2D eigenvalue weighted by Gasteiger charge is 2.35. The molecule has 0 radical (unpaired) electrons. The van der Waals surface area contributed by atoms with Crippen molar-refractivity contribution in [2.75, 3.05) is 18.0 Å². The second-order valence-electron chi connectivity index (χ2n) is 4.62. The first-order chi connectivity index (χ1) is 8.91. The summed E-state index contributed by atoms with van der Waals surface area (Å²) in [7, 11) is 0. The van der Waals surface area contributed by atoms with Crippen LogP contribution >= 0.6 is 15.9 Å². The molecular formula is C13H13BrF3NO. The van der Waals surface area contributed by atoms with Gasteiger partial charge in [0.2, 0.25) is 0 Å². The molecule has 0 aliphatic carbocycles. The van der Waals surface area contributed by atoms with Crippen molar-refractivity contribution in [3.05, 3.63) is 28.2 Å². The Morgan fingerprint density at radius 2 is 1.89 bits per heavy atom. The van der Waals surface area contributed by atoms with Crippen LogP contribution in [0.5, 0.6) is 0 Å². The summed E-state index contributed by atoms with van der Waals surface area (Å²) >= 11 is 3.07. The van der Waals surface area contributed by atoms with Gasteiger partial charge in [0.05, 0.1) is 5.56 Å². The van der Waals surface area contributed by atoms with Crippen molar-refractivity contribution in [2.45, 2.75) is 19.0 Å². The number of hydrogen-bond acceptors (Lipinski definition) is 2. The monoisotopic (exact) mass is 335 g/mol. The van der Waals surface area contributed by atoms with E-state index < -0.39 is 11.7 Å². The molecule has 1 aromatic rings. The predicted octanol–water partition coefficient (Wildman–Crippen LogP) is 3.88. The first kappa shape index (κ1) is 14.4. The van der Waals surface area contributed by atoms with Gasteiger partial charge in [-0.3, -0.25) is 0 Å². The molecule has 1 saturated heterocycles. The zero-order chi connectivity index (χ0) is 14.0. The molecule has 2 rings (SSSR count). The third-order valence-electron chi connectivity index (χ3n) is 3.34. The summed E-state index contributed by atoms with van der Waals surface area (Å²) in [5.41, 5.74) is -0.438. The minimum absolute atomic E-state index is 0.0268. The molecule has 0 N–H and O–H groups in total. The molecule has 0 amide bonds. The van der Waals surface area contributed by atoms with Gasteiger partial charge < -0.3 is 9.69 Å². The number of aldehydes is 1. The van der Waals surface area contributed by atoms with E-state index in [1.807, 2.05) is 0 Å². The molecule has 0 saturated carbocycles. The summed E-state index contributed by atoms with van der Waals surface area (Å²) in [6, 6.07) is 4.19. The molecular weight excluding hydrogens is 323 g/mol. The van der Waals surface area contributed by atoms with Gasteiger partial charge in [0.25, 0.3) is 0 Å². The average molecular weight is 336 g/mol. The smallest absolute Gasteiger partial charge is 0.371 e. The second kappa shape index (κ2) is 5.53. The number of halogens is 4. The summed E-state index contributed by atoms with van der Waals surface area (Å²) < 4.78 is 39.5. The second-order valence-corrected chi connectivity index (χ2v) is 5.54. The molecule has 0 spiro atoms. The zero-order valence-electron chi connectivity index (χ0n) is 10.1. The predicted molar refractivity (Wildman–Crippen MR) is 70.1 cm³/mol. The van der Waals surface area contributed by atoms with E-state index in [2.05, 4.69) is 15.9 Å². The number of benzene rings is 1. The van der Waals surface area contributed by atoms with E-state index in [1.54, 1.807) is 11.0 Å². The largest absolute Gasteiger partial charge is 0.418 e. The lowest BCUT2D eigenvalue weighted by Gasteiger charge is -2.33. The molecule has 104 valence electrons. The van der Waals surface area contributed by atoms with E-state index in [0.717, 1.165) is 12.4 Å². The fraction of sp³-hybridized carbons (Fsp3) is 0.462. The van der Waals surface area contributed by atoms with E-state index in [9.17, 15) is 18.0 Å². The van der Waals surface area contributed by atoms with E-state index in [0.29, 0.717) is 30.4 Å². The van der Waals surface area contributed by atoms with Crippen LogP contribution in [0.15, 0.2) is 22.7 Å². The van der Waals surface area contributed by atoms with Crippen molar-refractivity contribution < 1.29 is 18.0 Å². The van der Waals surface area contributed by atoms with Crippen LogP contribution in [0.25, 0.3) is 0 Å². The topological polar surface area (TPSA) is 20.3 Å². The van der Waals surface area contributed by atoms with Gasteiger partial charge in [-0.15, -0.1) is 0 Å². The summed E-state index contributed by atoms with van der Waals surface area (Å²) in [5.74, 6) is -0.0268. The Hall–Kier alpha value is -1.04. The van der Waals surface area contributed by atoms with Gasteiger partial charge in [-0.1, -0.05) is 15.9 Å². The molecule has 1 heterocycles. The van der Waals surface area contributed by atoms with Gasteiger partial charge in [-0.05, 0) is 31.0 Å². The first-order valence-corrected chi connectivity index (χ1v) is 6.78. The highest BCUT2D eigenvalue weighted by molar-refractivity contribution is 9.10. The first-order valence-electron chi connectivity index (χ1n) is 5.99. The van der Waals surface area contributed by atoms with E-state index in [1.165, 1.54) is 6.07 Å². The lowest BCUT2D eigenvalue weighted by molar-refractivity contribution is -0.137. The van der Waals surface area contributed by atoms with Crippen LogP contribution in [0.2, 0.25) is 0 Å². The van der Waals surface area contributed by atoms with Crippen LogP contribution in [0.1, 0.15) is 18.4 Å². The molecule has 19 heavy (non-hydrogen) atoms. The number of alkyl halides is 3. The fourth-order valence-corrected chi connectivity index (χ4v) is 2.65. The highest BCUT2D eigenvalue weighted by Crippen LogP contribution is 2.39. The molecule has 6 heteroatoms. The van der Waals surface area contributed by atoms with Gasteiger partial charge in [-0.25, -0.2) is 0 Å². The number of carbonyl (C=O) groups excluding carboxylic acids is 1. The Morgan fingerprint density at radius 3 is 2.42 bits per heavy atom. The SMILES string of the molecule is O=CC1CCN(c2ccc(Br)cc2C(F)(F)F)CC1. The Morgan fingerprint density at radius 1 is 1.26 bits per heavy atom. The molecule has 1 fully saturated rings. The molecule has 1 aliphatic rings. The Labute approximate surface area is 117 Å². The Bertz CT molecular complexity index is 467. The molecule has 0 aromatic heterocycles. The highest BCUT2D eigenvalue weighted by atomic mass is 79.9. The number of piperidine rings is 1. The summed E-state index contributed by atoms with van der Waals surface area (Å²) in [6.45, 7) is 0.961. The van der Waals surface area contributed by atoms with E-state index in [4.69, 9.17) is 0 Å². The maximum Gasteiger partial charge on any atom is 0.418 e. The normalized spacial score (nSPS) is 17.6. The van der Waals surface area contributed by atoms with Crippen molar-refractivity contribution in [3.8, 4) is 0 Å². The minimum atomic E-state index is -4.37. The lowest BCUT2D eigenvalue weighted by Crippen LogP contribution is -2.35. The van der Waals surface area contributed by atoms with Gasteiger partial charge in [0.15, 0.2) is 0 Å². The number of nitrogens with zero attached hydrogens (tertiary/aromatic N) is 1. The van der Waals surface area contributed by atoms with Crippen LogP contribution in [-0.2, 0) is 11.0 Å². The van der Waals surface area contributed by atoms with Crippen molar-refractivity contribution in [1.29, 1.82) is 0 Å². The van der Waals surface area contributed by atoms with Crippen molar-refractivity contribution in [2.24, 2.45) is 5.92 Å². The van der Waals surface area contributed by atoms with Crippen molar-refractivity contribution >= 4 is 27.9 Å². The quantitative estimate of drug-likeness (QED) is 0.764. The van der Waals surface area contributed by atoms with E-state index in [-0.39, 0.29) is 11.6 Å². The molecule has 1 aromatic carbocycles. The summed E-state index contributed by atoms with van der Waals surface area (Å²) in [5, 5.41) is 0. The van der Waals surface area contributed by atoms with E-state index >= 15 is 0 Å². The molecule has 0 bridgehead atoms. The minimum Gasteiger partial charge on any atom is -0.371 e. The number of rotatable bonds is 2. The molecule has 2 nitrogen and oxygen atoms in total. The van der Waals surface area contributed by atoms with Crippen LogP contribution in [0.3, 0.4) is 0 Å². The van der Waals surface area contributed by atoms with Crippen LogP contribution in [0.4, 0.5) is 18.9 Å². The Kier molecular flexibility index (Phi) is 4.18. The lowest BCUT2D eigenvalue weighted by atomic mass is 9.97. The third-order valence-corrected chi connectivity index (χ3v) is 3.83. The zero-order valence-corrected chi connectivity index (χ0v) is 11.7. The maximum absolute atomic E-state index is 13.0. The van der Waals surface area contributed by atoms with Gasteiger partial charge in [-0.2, -0.15) is 13.2 Å². The summed E-state index contributed by atoms with van der Waals surface area (Å²) in [6.07, 6.45) is -2.27. The maximum atomic E-state index is 13.0. The van der Waals surface area contributed by atoms with Gasteiger partial charge in [0, 0.05) is 29.2 Å². The van der Waals surface area contributed by atoms with Crippen LogP contribution in [0, 0.1) is 5.92 Å². The van der Waals surface area contributed by atoms with Crippen molar-refractivity contribution in [1.82, 2.24) is 0 Å². The van der Waals surface area contributed by atoms with Gasteiger partial charge in [0.1, 0.15) is 6.29 Å². The molecule has 0 atom stereocenters. The fourth-order valence-electron chi connectivity index (χ4n) is 2.29. The number of carbonyl (C=O) groups is 1. The number of anilines is 1. The third kappa shape index (κ3) is 3.29. The standard InChI is InChI=1S/C13H13BrF3NO/c14-10-1-2-12(11(7-10)13(15,16)17)18-5-3-9(8-19)4-6-18/h1-2,7-9H,3-6H2.